The van der Waals surface area contributed by atoms with Crippen LogP contribution in [0.25, 0.3) is 0 Å². The van der Waals surface area contributed by atoms with E-state index in [9.17, 15) is 0 Å². The summed E-state index contributed by atoms with van der Waals surface area (Å²) in [4.78, 5) is 4.32. The summed E-state index contributed by atoms with van der Waals surface area (Å²) in [6.07, 6.45) is 11.1. The Bertz CT molecular complexity index is 745. The quantitative estimate of drug-likeness (QED) is 0.157. The molecule has 0 bridgehead atoms. The molecule has 2 N–H and O–H groups in total. The molecular weight excluding hydrogens is 552 g/mol. The predicted molar refractivity (Wildman–Crippen MR) is 192 cm³/mol. The number of nitrogens with zero attached hydrogens (tertiary/aromatic N) is 1. The van der Waals surface area contributed by atoms with Crippen molar-refractivity contribution in [3.05, 3.63) is 36.0 Å². The lowest BCUT2D eigenvalue weighted by Gasteiger charge is -2.33. The molecule has 1 heterocycles. The van der Waals surface area contributed by atoms with E-state index >= 15 is 0 Å². The molecule has 0 unspecified atom stereocenters. The van der Waals surface area contributed by atoms with Crippen molar-refractivity contribution in [1.29, 1.82) is 0 Å². The van der Waals surface area contributed by atoms with Gasteiger partial charge in [0.25, 0.3) is 0 Å². The van der Waals surface area contributed by atoms with Crippen molar-refractivity contribution in [2.45, 2.75) is 153 Å². The zero-order valence-corrected chi connectivity index (χ0v) is 31.9. The molecule has 44 heavy (non-hydrogen) atoms. The van der Waals surface area contributed by atoms with Gasteiger partial charge in [0, 0.05) is 33.3 Å². The Morgan fingerprint density at radius 3 is 1.82 bits per heavy atom. The zero-order chi connectivity index (χ0) is 35.2. The van der Waals surface area contributed by atoms with Crippen LogP contribution in [0.2, 0.25) is 0 Å². The minimum absolute atomic E-state index is 0.229. The van der Waals surface area contributed by atoms with E-state index in [2.05, 4.69) is 23.7 Å². The minimum Gasteiger partial charge on any atom is -0.497 e. The van der Waals surface area contributed by atoms with Gasteiger partial charge in [0.2, 0.25) is 0 Å². The fourth-order valence-corrected chi connectivity index (χ4v) is 2.46. The van der Waals surface area contributed by atoms with Gasteiger partial charge in [-0.3, -0.25) is 0 Å². The second kappa shape index (κ2) is 40.7. The van der Waals surface area contributed by atoms with Crippen LogP contribution in [0, 0.1) is 11.8 Å². The number of rotatable bonds is 10. The van der Waals surface area contributed by atoms with Crippen molar-refractivity contribution < 1.29 is 23.7 Å². The molecule has 3 rings (SSSR count). The molecule has 2 aliphatic rings. The van der Waals surface area contributed by atoms with E-state index in [0.29, 0.717) is 25.0 Å². The second-order valence-electron chi connectivity index (χ2n) is 8.74. The highest BCUT2D eigenvalue weighted by Crippen LogP contribution is 2.27. The average Bonchev–Trinajstić information content (AvgIpc) is 3.96. The number of hydrogen-bond donors (Lipinski definition) is 1. The normalized spacial score (nSPS) is 15.0. The lowest BCUT2D eigenvalue weighted by molar-refractivity contribution is -0.0382. The van der Waals surface area contributed by atoms with Gasteiger partial charge in [-0.15, -0.1) is 0 Å². The van der Waals surface area contributed by atoms with E-state index < -0.39 is 5.60 Å². The SMILES string of the molecule is C1CC1.CC.CC.CC.CC.CC.CCCO/C(C)=C/N.COCCOC(C)(C)C#Cc1ccc(OC2CC(OC)C2)cn1. The van der Waals surface area contributed by atoms with E-state index in [1.165, 1.54) is 25.5 Å². The zero-order valence-electron chi connectivity index (χ0n) is 31.9. The summed E-state index contributed by atoms with van der Waals surface area (Å²) in [5.74, 6) is 7.68. The first kappa shape index (κ1) is 51.3. The predicted octanol–water partition coefficient (Wildman–Crippen LogP) is 9.97. The third-order valence-electron chi connectivity index (χ3n) is 4.79. The van der Waals surface area contributed by atoms with E-state index in [1.54, 1.807) is 20.4 Å². The largest absolute Gasteiger partial charge is 0.497 e. The van der Waals surface area contributed by atoms with Gasteiger partial charge in [0.15, 0.2) is 0 Å². The van der Waals surface area contributed by atoms with Crippen LogP contribution in [0.4, 0.5) is 0 Å². The molecule has 0 saturated heterocycles. The summed E-state index contributed by atoms with van der Waals surface area (Å²) in [6.45, 7) is 29.6. The highest BCUT2D eigenvalue weighted by Gasteiger charge is 2.30. The molecule has 2 saturated carbocycles. The number of ether oxygens (including phenoxy) is 5. The monoisotopic (exact) mass is 627 g/mol. The fraction of sp³-hybridized carbons (Fsp3) is 0.757. The first-order valence-electron chi connectivity index (χ1n) is 17.2. The van der Waals surface area contributed by atoms with Crippen molar-refractivity contribution >= 4 is 0 Å². The van der Waals surface area contributed by atoms with Gasteiger partial charge in [-0.2, -0.15) is 0 Å². The van der Waals surface area contributed by atoms with Crippen molar-refractivity contribution in [1.82, 2.24) is 4.98 Å². The Morgan fingerprint density at radius 1 is 0.886 bits per heavy atom. The highest BCUT2D eigenvalue weighted by molar-refractivity contribution is 5.33. The number of nitrogens with two attached hydrogens (primary N) is 1. The Balaban J connectivity index is -0.000000199. The second-order valence-corrected chi connectivity index (χ2v) is 8.74. The molecule has 0 aliphatic heterocycles. The maximum absolute atomic E-state index is 5.82. The third kappa shape index (κ3) is 35.9. The van der Waals surface area contributed by atoms with Crippen molar-refractivity contribution in [2.24, 2.45) is 5.73 Å². The third-order valence-corrected chi connectivity index (χ3v) is 4.79. The molecule has 7 heteroatoms. The van der Waals surface area contributed by atoms with Gasteiger partial charge in [-0.05, 0) is 45.2 Å². The van der Waals surface area contributed by atoms with Crippen molar-refractivity contribution in [3.8, 4) is 17.6 Å². The Labute approximate surface area is 275 Å². The first-order valence-corrected chi connectivity index (χ1v) is 17.2. The highest BCUT2D eigenvalue weighted by atomic mass is 16.5. The van der Waals surface area contributed by atoms with Gasteiger partial charge in [-0.1, -0.05) is 101 Å². The number of hydrogen-bond acceptors (Lipinski definition) is 7. The molecule has 1 aromatic rings. The van der Waals surface area contributed by atoms with E-state index in [-0.39, 0.29) is 6.10 Å². The summed E-state index contributed by atoms with van der Waals surface area (Å²) in [5.41, 5.74) is 5.29. The Kier molecular flexibility index (Phi) is 47.5. The van der Waals surface area contributed by atoms with Crippen LogP contribution in [0.1, 0.15) is 141 Å². The molecule has 1 aromatic heterocycles. The Morgan fingerprint density at radius 2 is 1.43 bits per heavy atom. The molecule has 0 atom stereocenters. The van der Waals surface area contributed by atoms with E-state index in [4.69, 9.17) is 29.4 Å². The summed E-state index contributed by atoms with van der Waals surface area (Å²) in [5, 5.41) is 0. The van der Waals surface area contributed by atoms with Gasteiger partial charge in [-0.25, -0.2) is 4.98 Å². The van der Waals surface area contributed by atoms with Crippen molar-refractivity contribution in [3.63, 3.8) is 0 Å². The topological polar surface area (TPSA) is 85.1 Å². The molecule has 0 aromatic carbocycles. The minimum atomic E-state index is -0.531. The van der Waals surface area contributed by atoms with E-state index in [1.807, 2.05) is 102 Å². The standard InChI is InChI=1S/C18H25NO4.C6H13NO.C3H6.5C2H6/c1-18(2,22-10-9-20-3)8-7-14-5-6-15(13-19-14)23-17-11-16(12-17)21-4;1-3-4-8-6(2)5-7;1-2-3-1;5*1-2/h5-6,13,16-17H,9-12H2,1-4H3;5H,3-4,7H2,1-2H3;1-3H2;5*1-2H3/b;6-5+;;;;;;. The maximum Gasteiger partial charge on any atom is 0.138 e. The number of aromatic nitrogens is 1. The van der Waals surface area contributed by atoms with Gasteiger partial charge in [0.1, 0.15) is 28.9 Å². The van der Waals surface area contributed by atoms with Crippen LogP contribution in [-0.4, -0.2) is 56.8 Å². The van der Waals surface area contributed by atoms with Crippen LogP contribution < -0.4 is 10.5 Å². The maximum atomic E-state index is 5.82. The van der Waals surface area contributed by atoms with Crippen LogP contribution in [0.5, 0.6) is 5.75 Å². The Hall–Kier alpha value is -2.27. The first-order chi connectivity index (χ1) is 21.3. The average molecular weight is 627 g/mol. The number of pyridine rings is 1. The molecular formula is C37H74N2O5. The fourth-order valence-electron chi connectivity index (χ4n) is 2.46. The van der Waals surface area contributed by atoms with Crippen LogP contribution in [0.3, 0.4) is 0 Å². The van der Waals surface area contributed by atoms with E-state index in [0.717, 1.165) is 37.4 Å². The van der Waals surface area contributed by atoms with Gasteiger partial charge in [0.05, 0.1) is 32.1 Å². The summed E-state index contributed by atoms with van der Waals surface area (Å²) >= 11 is 0. The summed E-state index contributed by atoms with van der Waals surface area (Å²) in [6, 6.07) is 3.76. The number of allylic oxidation sites excluding steroid dienone is 1. The molecule has 7 nitrogen and oxygen atoms in total. The molecule has 2 fully saturated rings. The van der Waals surface area contributed by atoms with Crippen LogP contribution in [0.15, 0.2) is 30.3 Å². The lowest BCUT2D eigenvalue weighted by Crippen LogP contribution is -2.38. The smallest absolute Gasteiger partial charge is 0.138 e. The molecule has 0 radical (unpaired) electrons. The van der Waals surface area contributed by atoms with Crippen LogP contribution in [-0.2, 0) is 18.9 Å². The van der Waals surface area contributed by atoms with Crippen LogP contribution >= 0.6 is 0 Å². The summed E-state index contributed by atoms with van der Waals surface area (Å²) in [7, 11) is 3.38. The number of methoxy groups -OCH3 is 2. The molecule has 0 amide bonds. The molecule has 2 aliphatic carbocycles. The lowest BCUT2D eigenvalue weighted by atomic mass is 9.92. The molecule has 262 valence electrons. The van der Waals surface area contributed by atoms with Gasteiger partial charge >= 0.3 is 0 Å². The van der Waals surface area contributed by atoms with Gasteiger partial charge < -0.3 is 29.4 Å². The molecule has 0 spiro atoms. The van der Waals surface area contributed by atoms with Crippen molar-refractivity contribution in [2.75, 3.05) is 34.0 Å². The summed E-state index contributed by atoms with van der Waals surface area (Å²) < 4.78 is 26.7.